The predicted octanol–water partition coefficient (Wildman–Crippen LogP) is 1.36. The highest BCUT2D eigenvalue weighted by Gasteiger charge is 2.17. The Labute approximate surface area is 164 Å². The number of fused-ring (bicyclic) bond motifs is 1. The van der Waals surface area contributed by atoms with E-state index in [9.17, 15) is 8.42 Å². The van der Waals surface area contributed by atoms with Crippen LogP contribution in [0.2, 0.25) is 0 Å². The molecule has 1 aromatic carbocycles. The van der Waals surface area contributed by atoms with E-state index in [0.29, 0.717) is 11.5 Å². The number of benzene rings is 1. The van der Waals surface area contributed by atoms with Crippen LogP contribution in [0.15, 0.2) is 30.1 Å². The molecule has 28 heavy (non-hydrogen) atoms. The number of aromatic nitrogens is 2. The first-order valence-corrected chi connectivity index (χ1v) is 10.5. The second-order valence-electron chi connectivity index (χ2n) is 6.53. The smallest absolute Gasteiger partial charge is 0.274 e. The van der Waals surface area contributed by atoms with Crippen molar-refractivity contribution < 1.29 is 17.9 Å². The van der Waals surface area contributed by atoms with Crippen LogP contribution in [0, 0.1) is 0 Å². The number of hydrogen-bond donors (Lipinski definition) is 2. The summed E-state index contributed by atoms with van der Waals surface area (Å²) in [6, 6.07) is 3.75. The van der Waals surface area contributed by atoms with Gasteiger partial charge in [0.05, 0.1) is 19.7 Å². The molecule has 0 aliphatic carbocycles. The second-order valence-corrected chi connectivity index (χ2v) is 7.91. The largest absolute Gasteiger partial charge is 0.493 e. The minimum atomic E-state index is -3.68. The van der Waals surface area contributed by atoms with Crippen molar-refractivity contribution in [2.75, 3.05) is 38.8 Å². The molecule has 0 unspecified atom stereocenters. The Morgan fingerprint density at radius 1 is 1.18 bits per heavy atom. The highest BCUT2D eigenvalue weighted by atomic mass is 32.2. The molecule has 0 saturated heterocycles. The molecule has 1 aliphatic heterocycles. The number of nitrogens with two attached hydrogens (primary N) is 1. The van der Waals surface area contributed by atoms with Gasteiger partial charge >= 0.3 is 0 Å². The van der Waals surface area contributed by atoms with Crippen molar-refractivity contribution in [2.45, 2.75) is 19.3 Å². The van der Waals surface area contributed by atoms with Crippen LogP contribution in [0.5, 0.6) is 11.5 Å². The summed E-state index contributed by atoms with van der Waals surface area (Å²) < 4.78 is 35.3. The lowest BCUT2D eigenvalue weighted by atomic mass is 10.1. The summed E-state index contributed by atoms with van der Waals surface area (Å²) in [5, 5.41) is 5.91. The fourth-order valence-corrected chi connectivity index (χ4v) is 3.71. The van der Waals surface area contributed by atoms with Crippen molar-refractivity contribution in [3.8, 4) is 11.5 Å². The third-order valence-electron chi connectivity index (χ3n) is 4.68. The Morgan fingerprint density at radius 3 is 2.64 bits per heavy atom. The van der Waals surface area contributed by atoms with Crippen molar-refractivity contribution in [1.29, 1.82) is 0 Å². The predicted molar refractivity (Wildman–Crippen MR) is 108 cm³/mol. The zero-order chi connectivity index (χ0) is 20.1. The minimum Gasteiger partial charge on any atom is -0.493 e. The molecule has 0 spiro atoms. The third-order valence-corrected chi connectivity index (χ3v) is 5.22. The lowest BCUT2D eigenvalue weighted by molar-refractivity contribution is 0.356. The molecule has 0 saturated carbocycles. The van der Waals surface area contributed by atoms with Gasteiger partial charge in [-0.05, 0) is 25.3 Å². The molecule has 1 aromatic heterocycles. The number of nitrogens with one attached hydrogen (secondary N) is 1. The Kier molecular flexibility index (Phi) is 6.32. The van der Waals surface area contributed by atoms with Gasteiger partial charge in [0.1, 0.15) is 12.1 Å². The van der Waals surface area contributed by atoms with E-state index in [1.165, 1.54) is 0 Å². The van der Waals surface area contributed by atoms with Crippen molar-refractivity contribution in [2.24, 2.45) is 5.14 Å². The van der Waals surface area contributed by atoms with Gasteiger partial charge in [-0.15, -0.1) is 0 Å². The lowest BCUT2D eigenvalue weighted by Crippen LogP contribution is -2.33. The van der Waals surface area contributed by atoms with Gasteiger partial charge in [0.2, 0.25) is 0 Å². The SMILES string of the molecule is COc1cc2ncnc(N3CCC=C(CNS(N)(=O)=O)CCC3)c2cc1OC. The van der Waals surface area contributed by atoms with Crippen LogP contribution in [0.1, 0.15) is 19.3 Å². The topological polar surface area (TPSA) is 120 Å². The van der Waals surface area contributed by atoms with Gasteiger partial charge in [0.25, 0.3) is 10.2 Å². The molecule has 3 rings (SSSR count). The molecular weight excluding hydrogens is 382 g/mol. The van der Waals surface area contributed by atoms with Crippen molar-refractivity contribution >= 4 is 26.9 Å². The zero-order valence-corrected chi connectivity index (χ0v) is 16.8. The average Bonchev–Trinajstić information content (AvgIpc) is 2.65. The summed E-state index contributed by atoms with van der Waals surface area (Å²) in [7, 11) is -0.477. The van der Waals surface area contributed by atoms with Crippen LogP contribution in [0.25, 0.3) is 10.9 Å². The zero-order valence-electron chi connectivity index (χ0n) is 16.0. The summed E-state index contributed by atoms with van der Waals surface area (Å²) in [5.41, 5.74) is 1.84. The summed E-state index contributed by atoms with van der Waals surface area (Å²) >= 11 is 0. The highest BCUT2D eigenvalue weighted by molar-refractivity contribution is 7.87. The minimum absolute atomic E-state index is 0.256. The standard InChI is InChI=1S/C18H25N5O4S/c1-26-16-9-14-15(10-17(16)27-2)20-12-21-18(14)23-7-3-5-13(6-4-8-23)11-22-28(19,24)25/h5,9-10,12,22H,3-4,6-8,11H2,1-2H3,(H2,19,24,25). The van der Waals surface area contributed by atoms with Crippen molar-refractivity contribution in [3.63, 3.8) is 0 Å². The normalized spacial score (nSPS) is 15.7. The number of methoxy groups -OCH3 is 2. The molecule has 3 N–H and O–H groups in total. The Morgan fingerprint density at radius 2 is 1.93 bits per heavy atom. The van der Waals surface area contributed by atoms with Crippen LogP contribution < -0.4 is 24.2 Å². The van der Waals surface area contributed by atoms with E-state index >= 15 is 0 Å². The molecule has 1 aliphatic rings. The van der Waals surface area contributed by atoms with Gasteiger partial charge in [0, 0.05) is 31.1 Å². The van der Waals surface area contributed by atoms with Crippen LogP contribution in [-0.4, -0.2) is 52.2 Å². The summed E-state index contributed by atoms with van der Waals surface area (Å²) in [4.78, 5) is 11.1. The summed E-state index contributed by atoms with van der Waals surface area (Å²) in [6.07, 6.45) is 6.06. The van der Waals surface area contributed by atoms with Crippen LogP contribution in [0.4, 0.5) is 5.82 Å². The van der Waals surface area contributed by atoms with Gasteiger partial charge in [-0.25, -0.2) is 15.1 Å². The first kappa shape index (κ1) is 20.3. The number of nitrogens with zero attached hydrogens (tertiary/aromatic N) is 3. The number of ether oxygens (including phenoxy) is 2. The van der Waals surface area contributed by atoms with E-state index in [1.807, 2.05) is 12.1 Å². The molecule has 0 radical (unpaired) electrons. The van der Waals surface area contributed by atoms with E-state index < -0.39 is 10.2 Å². The first-order valence-electron chi connectivity index (χ1n) is 8.98. The summed E-state index contributed by atoms with van der Waals surface area (Å²) in [5.74, 6) is 2.11. The molecule has 0 bridgehead atoms. The average molecular weight is 407 g/mol. The Bertz CT molecular complexity index is 977. The van der Waals surface area contributed by atoms with Crippen molar-refractivity contribution in [3.05, 3.63) is 30.1 Å². The fourth-order valence-electron chi connectivity index (χ4n) is 3.32. The molecule has 0 atom stereocenters. The summed E-state index contributed by atoms with van der Waals surface area (Å²) in [6.45, 7) is 1.82. The second kappa shape index (κ2) is 8.72. The number of rotatable bonds is 6. The van der Waals surface area contributed by atoms with Gasteiger partial charge < -0.3 is 14.4 Å². The molecular formula is C18H25N5O4S. The molecule has 2 aromatic rings. The monoisotopic (exact) mass is 407 g/mol. The number of anilines is 1. The third kappa shape index (κ3) is 4.89. The van der Waals surface area contributed by atoms with Gasteiger partial charge in [-0.1, -0.05) is 11.6 Å². The quantitative estimate of drug-likeness (QED) is 0.694. The molecule has 0 fully saturated rings. The van der Waals surface area contributed by atoms with E-state index in [0.717, 1.165) is 54.6 Å². The van der Waals surface area contributed by atoms with Gasteiger partial charge in [0.15, 0.2) is 11.5 Å². The van der Waals surface area contributed by atoms with Crippen LogP contribution >= 0.6 is 0 Å². The van der Waals surface area contributed by atoms with Crippen molar-refractivity contribution in [1.82, 2.24) is 14.7 Å². The fraction of sp³-hybridized carbons (Fsp3) is 0.444. The van der Waals surface area contributed by atoms with E-state index in [-0.39, 0.29) is 6.54 Å². The maximum absolute atomic E-state index is 11.1. The van der Waals surface area contributed by atoms with E-state index in [1.54, 1.807) is 20.5 Å². The maximum Gasteiger partial charge on any atom is 0.274 e. The first-order chi connectivity index (χ1) is 13.4. The molecule has 2 heterocycles. The van der Waals surface area contributed by atoms with E-state index in [2.05, 4.69) is 25.7 Å². The van der Waals surface area contributed by atoms with Crippen LogP contribution in [-0.2, 0) is 10.2 Å². The Hall–Kier alpha value is -2.43. The maximum atomic E-state index is 11.1. The van der Waals surface area contributed by atoms with Crippen LogP contribution in [0.3, 0.4) is 0 Å². The molecule has 9 nitrogen and oxygen atoms in total. The molecule has 10 heteroatoms. The van der Waals surface area contributed by atoms with Gasteiger partial charge in [-0.3, -0.25) is 0 Å². The lowest BCUT2D eigenvalue weighted by Gasteiger charge is -2.26. The highest BCUT2D eigenvalue weighted by Crippen LogP contribution is 2.35. The number of hydrogen-bond acceptors (Lipinski definition) is 7. The van der Waals surface area contributed by atoms with Gasteiger partial charge in [-0.2, -0.15) is 13.1 Å². The Balaban J connectivity index is 1.82. The molecule has 152 valence electrons. The molecule has 0 amide bonds. The van der Waals surface area contributed by atoms with E-state index in [4.69, 9.17) is 14.6 Å².